The Morgan fingerprint density at radius 1 is 1.63 bits per heavy atom. The number of carbonyl (C=O) groups is 1. The molecule has 1 aliphatic carbocycles. The first-order chi connectivity index (χ1) is 9.11. The molecule has 2 rings (SSSR count). The highest BCUT2D eigenvalue weighted by molar-refractivity contribution is 5.76. The Kier molecular flexibility index (Phi) is 4.16. The molecule has 0 bridgehead atoms. The summed E-state index contributed by atoms with van der Waals surface area (Å²) in [5.41, 5.74) is 5.69. The van der Waals surface area contributed by atoms with E-state index < -0.39 is 0 Å². The molecule has 7 nitrogen and oxygen atoms in total. The first kappa shape index (κ1) is 13.5. The number of hydrogen-bond acceptors (Lipinski definition) is 5. The second-order valence-electron chi connectivity index (χ2n) is 4.69. The zero-order chi connectivity index (χ0) is 13.8. The van der Waals surface area contributed by atoms with Crippen molar-refractivity contribution in [3.05, 3.63) is 22.6 Å². The van der Waals surface area contributed by atoms with Crippen LogP contribution in [-0.2, 0) is 11.3 Å². The molecule has 1 amide bonds. The number of anilines is 1. The molecule has 1 aromatic heterocycles. The van der Waals surface area contributed by atoms with Crippen molar-refractivity contribution in [3.8, 4) is 0 Å². The molecule has 3 N–H and O–H groups in total. The fourth-order valence-corrected chi connectivity index (χ4v) is 1.77. The summed E-state index contributed by atoms with van der Waals surface area (Å²) >= 11 is 0. The van der Waals surface area contributed by atoms with Crippen LogP contribution >= 0.6 is 0 Å². The van der Waals surface area contributed by atoms with Crippen LogP contribution in [0.1, 0.15) is 12.8 Å². The van der Waals surface area contributed by atoms with Crippen LogP contribution in [0.4, 0.5) is 5.69 Å². The van der Waals surface area contributed by atoms with Crippen molar-refractivity contribution < 1.29 is 4.79 Å². The number of nitrogens with two attached hydrogens (primary N) is 1. The largest absolute Gasteiger partial charge is 0.382 e. The van der Waals surface area contributed by atoms with Gasteiger partial charge in [-0.25, -0.2) is 4.68 Å². The zero-order valence-corrected chi connectivity index (χ0v) is 11.0. The number of aromatic nitrogens is 2. The van der Waals surface area contributed by atoms with Crippen molar-refractivity contribution in [2.24, 2.45) is 5.73 Å². The number of likely N-dealkylation sites (N-methyl/N-ethyl adjacent to an activating group) is 1. The van der Waals surface area contributed by atoms with E-state index >= 15 is 0 Å². The molecule has 0 saturated heterocycles. The fraction of sp³-hybridized carbons (Fsp3) is 0.583. The molecule has 0 radical (unpaired) electrons. The van der Waals surface area contributed by atoms with Gasteiger partial charge < -0.3 is 16.0 Å². The number of rotatable bonds is 6. The van der Waals surface area contributed by atoms with Crippen molar-refractivity contribution in [3.63, 3.8) is 0 Å². The smallest absolute Gasteiger partial charge is 0.269 e. The summed E-state index contributed by atoms with van der Waals surface area (Å²) in [7, 11) is 1.77. The van der Waals surface area contributed by atoms with E-state index in [-0.39, 0.29) is 18.0 Å². The van der Waals surface area contributed by atoms with Gasteiger partial charge in [-0.1, -0.05) is 0 Å². The van der Waals surface area contributed by atoms with Crippen molar-refractivity contribution in [2.75, 3.05) is 25.5 Å². The van der Waals surface area contributed by atoms with E-state index in [4.69, 9.17) is 5.73 Å². The Morgan fingerprint density at radius 3 is 2.95 bits per heavy atom. The SMILES string of the molecule is CN(C(=O)Cn1ncc(NCCN)cc1=O)C1CC1. The van der Waals surface area contributed by atoms with Gasteiger partial charge >= 0.3 is 0 Å². The van der Waals surface area contributed by atoms with Crippen LogP contribution < -0.4 is 16.6 Å². The molecule has 0 spiro atoms. The average Bonchev–Trinajstić information content (AvgIpc) is 3.22. The molecular formula is C12H19N5O2. The Bertz CT molecular complexity index is 509. The lowest BCUT2D eigenvalue weighted by molar-refractivity contribution is -0.131. The van der Waals surface area contributed by atoms with E-state index in [0.29, 0.717) is 24.8 Å². The number of hydrogen-bond donors (Lipinski definition) is 2. The maximum absolute atomic E-state index is 11.9. The minimum Gasteiger partial charge on any atom is -0.382 e. The van der Waals surface area contributed by atoms with Crippen molar-refractivity contribution in [1.82, 2.24) is 14.7 Å². The number of nitrogens with zero attached hydrogens (tertiary/aromatic N) is 3. The molecule has 7 heteroatoms. The maximum Gasteiger partial charge on any atom is 0.269 e. The lowest BCUT2D eigenvalue weighted by Crippen LogP contribution is -2.36. The summed E-state index contributed by atoms with van der Waals surface area (Å²) in [5.74, 6) is -0.0835. The third-order valence-electron chi connectivity index (χ3n) is 3.12. The van der Waals surface area contributed by atoms with Crippen LogP contribution in [0, 0.1) is 0 Å². The summed E-state index contributed by atoms with van der Waals surface area (Å²) in [6.45, 7) is 1.05. The highest BCUT2D eigenvalue weighted by Crippen LogP contribution is 2.25. The van der Waals surface area contributed by atoms with Gasteiger partial charge in [0.1, 0.15) is 6.54 Å². The van der Waals surface area contributed by atoms with E-state index in [1.807, 2.05) is 0 Å². The van der Waals surface area contributed by atoms with Gasteiger partial charge in [0.25, 0.3) is 5.56 Å². The van der Waals surface area contributed by atoms with Crippen molar-refractivity contribution in [1.29, 1.82) is 0 Å². The molecule has 19 heavy (non-hydrogen) atoms. The van der Waals surface area contributed by atoms with E-state index in [1.165, 1.54) is 16.9 Å². The predicted octanol–water partition coefficient (Wildman–Crippen LogP) is -0.765. The quantitative estimate of drug-likeness (QED) is 0.705. The summed E-state index contributed by atoms with van der Waals surface area (Å²) in [4.78, 5) is 25.4. The van der Waals surface area contributed by atoms with Gasteiger partial charge in [-0.3, -0.25) is 9.59 Å². The molecule has 104 valence electrons. The first-order valence-corrected chi connectivity index (χ1v) is 6.38. The number of carbonyl (C=O) groups excluding carboxylic acids is 1. The minimum atomic E-state index is -0.292. The standard InChI is InChI=1S/C12H19N5O2/c1-16(10-2-3-10)12(19)8-17-11(18)6-9(7-15-17)14-5-4-13/h6-7,10,14H,2-5,8,13H2,1H3. The van der Waals surface area contributed by atoms with Crippen LogP contribution in [0.15, 0.2) is 17.1 Å². The van der Waals surface area contributed by atoms with Gasteiger partial charge in [-0.15, -0.1) is 0 Å². The molecule has 0 aromatic carbocycles. The lowest BCUT2D eigenvalue weighted by Gasteiger charge is -2.16. The monoisotopic (exact) mass is 265 g/mol. The minimum absolute atomic E-state index is 0.0109. The molecule has 1 heterocycles. The highest BCUT2D eigenvalue weighted by atomic mass is 16.2. The fourth-order valence-electron chi connectivity index (χ4n) is 1.77. The Hall–Kier alpha value is -1.89. The Morgan fingerprint density at radius 2 is 2.37 bits per heavy atom. The molecule has 1 aromatic rings. The van der Waals surface area contributed by atoms with E-state index in [2.05, 4.69) is 10.4 Å². The van der Waals surface area contributed by atoms with Crippen molar-refractivity contribution in [2.45, 2.75) is 25.4 Å². The molecule has 0 unspecified atom stereocenters. The summed E-state index contributed by atoms with van der Waals surface area (Å²) in [6, 6.07) is 1.77. The molecular weight excluding hydrogens is 246 g/mol. The molecule has 1 fully saturated rings. The van der Waals surface area contributed by atoms with Gasteiger partial charge in [0.15, 0.2) is 0 Å². The van der Waals surface area contributed by atoms with E-state index in [0.717, 1.165) is 12.8 Å². The summed E-state index contributed by atoms with van der Waals surface area (Å²) in [6.07, 6.45) is 3.63. The molecule has 1 saturated carbocycles. The Balaban J connectivity index is 2.00. The van der Waals surface area contributed by atoms with Crippen LogP contribution in [0.25, 0.3) is 0 Å². The van der Waals surface area contributed by atoms with Gasteiger partial charge in [0.05, 0.1) is 11.9 Å². The number of nitrogens with one attached hydrogen (secondary N) is 1. The third kappa shape index (κ3) is 3.54. The second kappa shape index (κ2) is 5.83. The number of amides is 1. The van der Waals surface area contributed by atoms with Crippen LogP contribution in [0.3, 0.4) is 0 Å². The third-order valence-corrected chi connectivity index (χ3v) is 3.12. The molecule has 0 atom stereocenters. The topological polar surface area (TPSA) is 93.2 Å². The maximum atomic E-state index is 11.9. The van der Waals surface area contributed by atoms with Gasteiger partial charge in [0.2, 0.25) is 5.91 Å². The van der Waals surface area contributed by atoms with Crippen molar-refractivity contribution >= 4 is 11.6 Å². The molecule has 1 aliphatic rings. The predicted molar refractivity (Wildman–Crippen MR) is 71.8 cm³/mol. The van der Waals surface area contributed by atoms with Gasteiger partial charge in [-0.2, -0.15) is 5.10 Å². The summed E-state index contributed by atoms with van der Waals surface area (Å²) < 4.78 is 1.18. The summed E-state index contributed by atoms with van der Waals surface area (Å²) in [5, 5.41) is 6.96. The second-order valence-corrected chi connectivity index (χ2v) is 4.69. The average molecular weight is 265 g/mol. The van der Waals surface area contributed by atoms with E-state index in [9.17, 15) is 9.59 Å². The Labute approximate surface area is 111 Å². The van der Waals surface area contributed by atoms with Crippen LogP contribution in [0.2, 0.25) is 0 Å². The lowest BCUT2D eigenvalue weighted by atomic mass is 10.4. The highest BCUT2D eigenvalue weighted by Gasteiger charge is 2.29. The van der Waals surface area contributed by atoms with Crippen LogP contribution in [0.5, 0.6) is 0 Å². The molecule has 0 aliphatic heterocycles. The van der Waals surface area contributed by atoms with Crippen LogP contribution in [-0.4, -0.2) is 46.8 Å². The first-order valence-electron chi connectivity index (χ1n) is 6.38. The van der Waals surface area contributed by atoms with E-state index in [1.54, 1.807) is 11.9 Å². The normalized spacial score (nSPS) is 14.2. The zero-order valence-electron chi connectivity index (χ0n) is 11.0. The van der Waals surface area contributed by atoms with Gasteiger partial charge in [0, 0.05) is 32.2 Å². The van der Waals surface area contributed by atoms with Gasteiger partial charge in [-0.05, 0) is 12.8 Å².